The Hall–Kier alpha value is -1.65. The van der Waals surface area contributed by atoms with Crippen molar-refractivity contribution in [3.05, 3.63) is 48.5 Å². The fourth-order valence-electron chi connectivity index (χ4n) is 3.53. The lowest BCUT2D eigenvalue weighted by atomic mass is 10.1. The Bertz CT molecular complexity index is 794. The van der Waals surface area contributed by atoms with E-state index in [1.807, 2.05) is 90.1 Å². The van der Waals surface area contributed by atoms with Crippen LogP contribution >= 0.6 is 0 Å². The van der Waals surface area contributed by atoms with Gasteiger partial charge in [-0.05, 0) is 102 Å². The Labute approximate surface area is 190 Å². The fraction of sp³-hybridized carbons (Fsp3) is 0.500. The average Bonchev–Trinajstić information content (AvgIpc) is 2.64. The molecule has 0 aliphatic rings. The van der Waals surface area contributed by atoms with Crippen molar-refractivity contribution in [2.24, 2.45) is 0 Å². The lowest BCUT2D eigenvalue weighted by molar-refractivity contribution is 0.102. The van der Waals surface area contributed by atoms with Crippen LogP contribution in [0, 0.1) is 0 Å². The van der Waals surface area contributed by atoms with Crippen molar-refractivity contribution in [3.8, 4) is 0 Å². The molecule has 0 amide bonds. The Morgan fingerprint density at radius 3 is 1.06 bits per heavy atom. The van der Waals surface area contributed by atoms with Gasteiger partial charge in [0.15, 0.2) is 0 Å². The third-order valence-electron chi connectivity index (χ3n) is 5.32. The highest BCUT2D eigenvalue weighted by Crippen LogP contribution is 2.24. The normalized spacial score (nSPS) is 13.3. The molecule has 2 rings (SSSR count). The third kappa shape index (κ3) is 6.20. The van der Waals surface area contributed by atoms with Crippen molar-refractivity contribution in [2.75, 3.05) is 10.1 Å². The lowest BCUT2D eigenvalue weighted by Crippen LogP contribution is -2.57. The van der Waals surface area contributed by atoms with Gasteiger partial charge in [0.25, 0.3) is 0 Å². The van der Waals surface area contributed by atoms with E-state index in [0.717, 1.165) is 20.5 Å². The van der Waals surface area contributed by atoms with E-state index in [1.54, 1.807) is 0 Å². The number of hydrogen-bond donors (Lipinski definition) is 0. The molecule has 0 unspecified atom stereocenters. The molecule has 2 aromatic rings. The summed E-state index contributed by atoms with van der Waals surface area (Å²) in [6.07, 6.45) is 0. The maximum Gasteiger partial charge on any atom is 0.206 e. The predicted molar refractivity (Wildman–Crippen MR) is 134 cm³/mol. The topological polar surface area (TPSA) is 55.5 Å². The summed E-state index contributed by atoms with van der Waals surface area (Å²) >= 11 is 0. The van der Waals surface area contributed by atoms with Gasteiger partial charge >= 0.3 is 0 Å². The fourth-order valence-corrected chi connectivity index (χ4v) is 11.5. The Kier molecular flexibility index (Phi) is 7.20. The van der Waals surface area contributed by atoms with Gasteiger partial charge in [0.2, 0.25) is 16.6 Å². The quantitative estimate of drug-likeness (QED) is 0.445. The van der Waals surface area contributed by atoms with Crippen LogP contribution in [0.15, 0.2) is 48.5 Å². The van der Waals surface area contributed by atoms with Crippen molar-refractivity contribution >= 4 is 38.4 Å². The zero-order valence-corrected chi connectivity index (χ0v) is 22.7. The molecule has 0 heterocycles. The lowest BCUT2D eigenvalue weighted by Gasteiger charge is -2.35. The molecule has 0 saturated heterocycles. The molecule has 2 aromatic carbocycles. The summed E-state index contributed by atoms with van der Waals surface area (Å²) in [4.78, 5) is 0. The van der Waals surface area contributed by atoms with Crippen LogP contribution in [0.25, 0.3) is 0 Å². The van der Waals surface area contributed by atoms with Crippen LogP contribution in [0.3, 0.4) is 0 Å². The minimum absolute atomic E-state index is 0.474. The van der Waals surface area contributed by atoms with Gasteiger partial charge in [0.05, 0.1) is 22.5 Å². The number of benzene rings is 2. The minimum atomic E-state index is -2.20. The first-order chi connectivity index (χ1) is 13.9. The number of rotatable bonds is 6. The maximum absolute atomic E-state index is 12.5. The van der Waals surface area contributed by atoms with Gasteiger partial charge in [-0.2, -0.15) is 0 Å². The first-order valence-electron chi connectivity index (χ1n) is 10.8. The second-order valence-electron chi connectivity index (χ2n) is 11.1. The summed E-state index contributed by atoms with van der Waals surface area (Å²) in [6.45, 7) is 20.2. The molecule has 0 aromatic heterocycles. The van der Waals surface area contributed by atoms with Gasteiger partial charge in [0, 0.05) is 0 Å². The molecule has 0 saturated carbocycles. The van der Waals surface area contributed by atoms with Crippen LogP contribution in [-0.4, -0.2) is 27.7 Å². The van der Waals surface area contributed by atoms with Crippen LogP contribution in [-0.2, 0) is 14.5 Å². The predicted octanol–water partition coefficient (Wildman–Crippen LogP) is 5.13. The zero-order chi connectivity index (χ0) is 23.8. The molecule has 0 fully saturated rings. The molecule has 0 atom stereocenters. The second kappa shape index (κ2) is 8.71. The van der Waals surface area contributed by atoms with Crippen LogP contribution < -0.4 is 20.5 Å². The largest absolute Gasteiger partial charge is 0.449 e. The Morgan fingerprint density at radius 2 is 0.839 bits per heavy atom. The first kappa shape index (κ1) is 25.6. The van der Waals surface area contributed by atoms with Crippen LogP contribution in [0.2, 0.25) is 26.2 Å². The molecule has 0 aliphatic heterocycles. The van der Waals surface area contributed by atoms with Crippen LogP contribution in [0.5, 0.6) is 0 Å². The highest BCUT2D eigenvalue weighted by Gasteiger charge is 2.36. The number of hydrogen-bond acceptors (Lipinski definition) is 3. The molecule has 7 heteroatoms. The molecular formula is C24H38N2O3Si2. The van der Waals surface area contributed by atoms with Crippen molar-refractivity contribution < 1.29 is 14.5 Å². The summed E-state index contributed by atoms with van der Waals surface area (Å²) in [5.74, 6) is 0. The molecule has 2 radical (unpaired) electrons. The van der Waals surface area contributed by atoms with E-state index in [9.17, 15) is 10.4 Å². The van der Waals surface area contributed by atoms with E-state index in [2.05, 4.69) is 26.2 Å². The van der Waals surface area contributed by atoms with Crippen molar-refractivity contribution in [1.29, 1.82) is 0 Å². The molecular weight excluding hydrogens is 420 g/mol. The molecule has 0 spiro atoms. The van der Waals surface area contributed by atoms with Crippen LogP contribution in [0.1, 0.15) is 41.5 Å². The zero-order valence-electron chi connectivity index (χ0n) is 20.7. The molecule has 0 bridgehead atoms. The van der Waals surface area contributed by atoms with E-state index < -0.39 is 27.7 Å². The maximum atomic E-state index is 12.5. The second-order valence-corrected chi connectivity index (χ2v) is 19.2. The molecule has 5 nitrogen and oxygen atoms in total. The van der Waals surface area contributed by atoms with Crippen LogP contribution in [0.4, 0.5) is 11.4 Å². The number of anilines is 2. The van der Waals surface area contributed by atoms with Gasteiger partial charge in [-0.15, -0.1) is 0 Å². The third-order valence-corrected chi connectivity index (χ3v) is 12.9. The smallest absolute Gasteiger partial charge is 0.206 e. The monoisotopic (exact) mass is 458 g/mol. The summed E-state index contributed by atoms with van der Waals surface area (Å²) in [5.41, 5.74) is 0.375. The molecule has 170 valence electrons. The summed E-state index contributed by atoms with van der Waals surface area (Å²) in [7, 11) is -4.40. The van der Waals surface area contributed by atoms with Gasteiger partial charge in [0.1, 0.15) is 0 Å². The van der Waals surface area contributed by atoms with Gasteiger partial charge in [-0.3, -0.25) is 0 Å². The highest BCUT2D eigenvalue weighted by molar-refractivity contribution is 6.96. The summed E-state index contributed by atoms with van der Waals surface area (Å²) < 4.78 is 6.83. The van der Waals surface area contributed by atoms with Gasteiger partial charge in [-0.25, -0.2) is 10.1 Å². The number of hydroxylamine groups is 2. The van der Waals surface area contributed by atoms with E-state index in [0.29, 0.717) is 11.4 Å². The van der Waals surface area contributed by atoms with Crippen molar-refractivity contribution in [3.63, 3.8) is 0 Å². The SMILES string of the molecule is CC(C)(C)N([O])c1ccc([Si](C)(C)O[Si](C)(C)c2ccc(N([O])C(C)(C)C)cc2)cc1. The van der Waals surface area contributed by atoms with E-state index in [1.165, 1.54) is 0 Å². The highest BCUT2D eigenvalue weighted by atomic mass is 28.4. The summed E-state index contributed by atoms with van der Waals surface area (Å²) in [5, 5.41) is 29.3. The van der Waals surface area contributed by atoms with E-state index in [-0.39, 0.29) is 0 Å². The average molecular weight is 459 g/mol. The Balaban J connectivity index is 2.21. The molecule has 0 N–H and O–H groups in total. The standard InChI is InChI=1S/C24H38N2O3Si2/c1-23(2,3)25(27)19-11-15-21(16-12-19)30(7,8)29-31(9,10)22-17-13-20(14-18-22)26(28)24(4,5)6/h11-18H,1-10H3. The number of nitrogens with zero attached hydrogens (tertiary/aromatic N) is 2. The van der Waals surface area contributed by atoms with E-state index >= 15 is 0 Å². The molecule has 0 aliphatic carbocycles. The molecule has 31 heavy (non-hydrogen) atoms. The first-order valence-corrected chi connectivity index (χ1v) is 16.6. The minimum Gasteiger partial charge on any atom is -0.449 e. The van der Waals surface area contributed by atoms with Gasteiger partial charge in [-0.1, -0.05) is 34.7 Å². The van der Waals surface area contributed by atoms with E-state index in [4.69, 9.17) is 4.12 Å². The van der Waals surface area contributed by atoms with Crippen molar-refractivity contribution in [1.82, 2.24) is 0 Å². The summed E-state index contributed by atoms with van der Waals surface area (Å²) in [6, 6.07) is 15.7. The Morgan fingerprint density at radius 1 is 0.581 bits per heavy atom. The van der Waals surface area contributed by atoms with Gasteiger partial charge < -0.3 is 4.12 Å². The van der Waals surface area contributed by atoms with Crippen molar-refractivity contribution in [2.45, 2.75) is 78.8 Å².